The third-order valence-electron chi connectivity index (χ3n) is 4.94. The molecule has 1 fully saturated rings. The monoisotopic (exact) mass is 328 g/mol. The zero-order valence-electron chi connectivity index (χ0n) is 14.7. The first-order valence-corrected chi connectivity index (χ1v) is 8.97. The van der Waals surface area contributed by atoms with E-state index >= 15 is 0 Å². The molecule has 1 unspecified atom stereocenters. The first-order valence-electron chi connectivity index (χ1n) is 8.97. The summed E-state index contributed by atoms with van der Waals surface area (Å²) in [6.07, 6.45) is 10.8. The van der Waals surface area contributed by atoms with Crippen LogP contribution in [0, 0.1) is 11.8 Å². The normalized spacial score (nSPS) is 24.9. The Hall–Kier alpha value is -2.04. The highest BCUT2D eigenvalue weighted by Gasteiger charge is 2.26. The van der Waals surface area contributed by atoms with Crippen molar-refractivity contribution in [3.8, 4) is 0 Å². The number of carbonyl (C=O) groups excluding carboxylic acids is 1. The SMILES string of the molecule is CC(=O)N1CCC(NCC2CC2)=C(C(N)=NC2=CCC(C)C=C2)C1. The van der Waals surface area contributed by atoms with Crippen molar-refractivity contribution in [3.63, 3.8) is 0 Å². The molecule has 1 saturated carbocycles. The molecule has 1 atom stereocenters. The first-order chi connectivity index (χ1) is 11.5. The van der Waals surface area contributed by atoms with Crippen LogP contribution in [-0.2, 0) is 4.79 Å². The van der Waals surface area contributed by atoms with Gasteiger partial charge in [-0.3, -0.25) is 4.79 Å². The van der Waals surface area contributed by atoms with E-state index < -0.39 is 0 Å². The first kappa shape index (κ1) is 16.8. The standard InChI is InChI=1S/C19H28N4O/c1-13-3-7-16(8-4-13)22-19(20)17-12-23(14(2)24)10-9-18(17)21-11-15-5-6-15/h3,7-8,13,15,21H,4-6,9-12H2,1-2H3,(H2,20,22). The molecule has 0 radical (unpaired) electrons. The Labute approximate surface area is 144 Å². The average Bonchev–Trinajstić information content (AvgIpc) is 3.39. The summed E-state index contributed by atoms with van der Waals surface area (Å²) >= 11 is 0. The van der Waals surface area contributed by atoms with Gasteiger partial charge in [-0.05, 0) is 37.2 Å². The number of rotatable bonds is 5. The highest BCUT2D eigenvalue weighted by atomic mass is 16.2. The molecule has 3 N–H and O–H groups in total. The molecular weight excluding hydrogens is 300 g/mol. The predicted molar refractivity (Wildman–Crippen MR) is 97.3 cm³/mol. The van der Waals surface area contributed by atoms with E-state index in [0.29, 0.717) is 18.3 Å². The maximum Gasteiger partial charge on any atom is 0.219 e. The second-order valence-electron chi connectivity index (χ2n) is 7.17. The minimum Gasteiger partial charge on any atom is -0.388 e. The Morgan fingerprint density at radius 2 is 2.25 bits per heavy atom. The Morgan fingerprint density at radius 3 is 2.88 bits per heavy atom. The molecule has 1 aliphatic heterocycles. The summed E-state index contributed by atoms with van der Waals surface area (Å²) < 4.78 is 0. The number of nitrogens with two attached hydrogens (primary N) is 1. The van der Waals surface area contributed by atoms with Crippen molar-refractivity contribution in [2.45, 2.75) is 39.5 Å². The van der Waals surface area contributed by atoms with E-state index in [1.807, 2.05) is 11.0 Å². The van der Waals surface area contributed by atoms with Crippen LogP contribution < -0.4 is 11.1 Å². The average molecular weight is 328 g/mol. The van der Waals surface area contributed by atoms with E-state index in [4.69, 9.17) is 5.73 Å². The summed E-state index contributed by atoms with van der Waals surface area (Å²) in [7, 11) is 0. The van der Waals surface area contributed by atoms with Crippen LogP contribution in [0.4, 0.5) is 0 Å². The van der Waals surface area contributed by atoms with Crippen LogP contribution >= 0.6 is 0 Å². The summed E-state index contributed by atoms with van der Waals surface area (Å²) in [5.41, 5.74) is 9.38. The van der Waals surface area contributed by atoms with E-state index in [9.17, 15) is 4.79 Å². The molecule has 1 amide bonds. The van der Waals surface area contributed by atoms with Gasteiger partial charge >= 0.3 is 0 Å². The second kappa shape index (κ2) is 7.24. The molecule has 0 saturated heterocycles. The van der Waals surface area contributed by atoms with Gasteiger partial charge in [0.05, 0.1) is 12.2 Å². The van der Waals surface area contributed by atoms with Crippen molar-refractivity contribution in [3.05, 3.63) is 35.2 Å². The fourth-order valence-corrected chi connectivity index (χ4v) is 3.06. The van der Waals surface area contributed by atoms with E-state index in [0.717, 1.165) is 48.8 Å². The van der Waals surface area contributed by atoms with Gasteiger partial charge < -0.3 is 16.0 Å². The summed E-state index contributed by atoms with van der Waals surface area (Å²) in [6.45, 7) is 6.10. The van der Waals surface area contributed by atoms with E-state index in [-0.39, 0.29) is 5.91 Å². The zero-order valence-corrected chi connectivity index (χ0v) is 14.7. The molecule has 3 aliphatic rings. The number of hydrogen-bond acceptors (Lipinski definition) is 3. The number of carbonyl (C=O) groups is 1. The van der Waals surface area contributed by atoms with Crippen molar-refractivity contribution in [2.24, 2.45) is 22.6 Å². The van der Waals surface area contributed by atoms with Crippen LogP contribution in [0.2, 0.25) is 0 Å². The minimum atomic E-state index is 0.0899. The molecule has 0 bridgehead atoms. The van der Waals surface area contributed by atoms with Crippen LogP contribution in [0.3, 0.4) is 0 Å². The molecule has 0 spiro atoms. The molecule has 24 heavy (non-hydrogen) atoms. The summed E-state index contributed by atoms with van der Waals surface area (Å²) in [5.74, 6) is 1.98. The quantitative estimate of drug-likeness (QED) is 0.601. The highest BCUT2D eigenvalue weighted by molar-refractivity contribution is 5.99. The van der Waals surface area contributed by atoms with Crippen molar-refractivity contribution >= 4 is 11.7 Å². The minimum absolute atomic E-state index is 0.0899. The van der Waals surface area contributed by atoms with Gasteiger partial charge in [0, 0.05) is 37.7 Å². The fourth-order valence-electron chi connectivity index (χ4n) is 3.06. The Bertz CT molecular complexity index is 625. The molecule has 2 aliphatic carbocycles. The third kappa shape index (κ3) is 4.28. The van der Waals surface area contributed by atoms with Gasteiger partial charge in [0.2, 0.25) is 5.91 Å². The van der Waals surface area contributed by atoms with E-state index in [2.05, 4.69) is 29.4 Å². The highest BCUT2D eigenvalue weighted by Crippen LogP contribution is 2.28. The molecule has 130 valence electrons. The number of amidine groups is 1. The number of aliphatic imine (C=N–C) groups is 1. The number of nitrogens with zero attached hydrogens (tertiary/aromatic N) is 2. The maximum atomic E-state index is 11.8. The zero-order chi connectivity index (χ0) is 17.1. The molecule has 3 rings (SSSR count). The van der Waals surface area contributed by atoms with Crippen molar-refractivity contribution < 1.29 is 4.79 Å². The molecule has 0 aromatic carbocycles. The van der Waals surface area contributed by atoms with Crippen LogP contribution in [0.1, 0.15) is 39.5 Å². The summed E-state index contributed by atoms with van der Waals surface area (Å²) in [5, 5.41) is 3.56. The molecule has 0 aromatic rings. The van der Waals surface area contributed by atoms with Crippen molar-refractivity contribution in [1.82, 2.24) is 10.2 Å². The smallest absolute Gasteiger partial charge is 0.219 e. The second-order valence-corrected chi connectivity index (χ2v) is 7.17. The van der Waals surface area contributed by atoms with E-state index in [1.165, 1.54) is 12.8 Å². The molecular formula is C19H28N4O. The lowest BCUT2D eigenvalue weighted by atomic mass is 10.0. The van der Waals surface area contributed by atoms with Gasteiger partial charge in [-0.2, -0.15) is 0 Å². The van der Waals surface area contributed by atoms with Crippen molar-refractivity contribution in [2.75, 3.05) is 19.6 Å². The van der Waals surface area contributed by atoms with Crippen LogP contribution in [0.25, 0.3) is 0 Å². The topological polar surface area (TPSA) is 70.7 Å². The third-order valence-corrected chi connectivity index (χ3v) is 4.94. The number of nitrogens with one attached hydrogen (secondary N) is 1. The Balaban J connectivity index is 1.79. The Morgan fingerprint density at radius 1 is 1.46 bits per heavy atom. The fraction of sp³-hybridized carbons (Fsp3) is 0.579. The van der Waals surface area contributed by atoms with Gasteiger partial charge in [-0.1, -0.05) is 19.1 Å². The maximum absolute atomic E-state index is 11.8. The van der Waals surface area contributed by atoms with Crippen LogP contribution in [0.5, 0.6) is 0 Å². The molecule has 0 aromatic heterocycles. The Kier molecular flexibility index (Phi) is 5.07. The van der Waals surface area contributed by atoms with Gasteiger partial charge in [0.25, 0.3) is 0 Å². The number of allylic oxidation sites excluding steroid dienone is 3. The largest absolute Gasteiger partial charge is 0.388 e. The van der Waals surface area contributed by atoms with Crippen LogP contribution in [-0.4, -0.2) is 36.3 Å². The predicted octanol–water partition coefficient (Wildman–Crippen LogP) is 2.33. The van der Waals surface area contributed by atoms with Crippen LogP contribution in [0.15, 0.2) is 40.2 Å². The van der Waals surface area contributed by atoms with Gasteiger partial charge in [-0.25, -0.2) is 4.99 Å². The molecule has 5 heteroatoms. The molecule has 1 heterocycles. The summed E-state index contributed by atoms with van der Waals surface area (Å²) in [4.78, 5) is 18.2. The lowest BCUT2D eigenvalue weighted by molar-refractivity contribution is -0.128. The van der Waals surface area contributed by atoms with Gasteiger partial charge in [0.1, 0.15) is 5.84 Å². The number of hydrogen-bond donors (Lipinski definition) is 2. The lowest BCUT2D eigenvalue weighted by Gasteiger charge is -2.30. The summed E-state index contributed by atoms with van der Waals surface area (Å²) in [6, 6.07) is 0. The van der Waals surface area contributed by atoms with Gasteiger partial charge in [-0.15, -0.1) is 0 Å². The van der Waals surface area contributed by atoms with E-state index in [1.54, 1.807) is 6.92 Å². The van der Waals surface area contributed by atoms with Gasteiger partial charge in [0.15, 0.2) is 0 Å². The van der Waals surface area contributed by atoms with Crippen molar-refractivity contribution in [1.29, 1.82) is 0 Å². The molecule has 5 nitrogen and oxygen atoms in total. The lowest BCUT2D eigenvalue weighted by Crippen LogP contribution is -2.41. The number of amides is 1.